The van der Waals surface area contributed by atoms with Gasteiger partial charge in [0.15, 0.2) is 0 Å². The van der Waals surface area contributed by atoms with Gasteiger partial charge in [-0.25, -0.2) is 0 Å². The Labute approximate surface area is 151 Å². The molecule has 25 heavy (non-hydrogen) atoms. The third kappa shape index (κ3) is 4.16. The number of fused-ring (bicyclic) bond motifs is 2. The minimum Gasteiger partial charge on any atom is -0.385 e. The number of hydrogen-bond acceptors (Lipinski definition) is 3. The third-order valence-corrected chi connectivity index (χ3v) is 5.49. The lowest BCUT2D eigenvalue weighted by Gasteiger charge is -2.26. The average molecular weight is 335 g/mol. The van der Waals surface area contributed by atoms with Crippen molar-refractivity contribution in [2.75, 3.05) is 36.8 Å². The summed E-state index contributed by atoms with van der Waals surface area (Å²) in [5.41, 5.74) is 6.56. The maximum atomic E-state index is 3.64. The van der Waals surface area contributed by atoms with Crippen LogP contribution in [-0.4, -0.2) is 31.1 Å². The van der Waals surface area contributed by atoms with Crippen molar-refractivity contribution >= 4 is 17.1 Å². The Morgan fingerprint density at radius 2 is 1.68 bits per heavy atom. The van der Waals surface area contributed by atoms with Crippen LogP contribution in [0.5, 0.6) is 0 Å². The van der Waals surface area contributed by atoms with Gasteiger partial charge in [-0.1, -0.05) is 30.7 Å². The molecule has 0 amide bonds. The summed E-state index contributed by atoms with van der Waals surface area (Å²) in [6.45, 7) is 4.86. The van der Waals surface area contributed by atoms with Crippen LogP contribution in [0.3, 0.4) is 0 Å². The number of rotatable bonds is 5. The molecule has 132 valence electrons. The molecule has 1 fully saturated rings. The Morgan fingerprint density at radius 3 is 2.56 bits per heavy atom. The van der Waals surface area contributed by atoms with Crippen LogP contribution in [-0.2, 0) is 12.8 Å². The average Bonchev–Trinajstić information content (AvgIpc) is 2.85. The predicted molar refractivity (Wildman–Crippen MR) is 107 cm³/mol. The van der Waals surface area contributed by atoms with E-state index in [2.05, 4.69) is 58.0 Å². The summed E-state index contributed by atoms with van der Waals surface area (Å²) < 4.78 is 0. The van der Waals surface area contributed by atoms with Crippen LogP contribution in [0.15, 0.2) is 42.5 Å². The number of piperidine rings is 1. The fourth-order valence-electron chi connectivity index (χ4n) is 4.01. The molecule has 0 saturated carbocycles. The molecule has 4 rings (SSSR count). The van der Waals surface area contributed by atoms with Gasteiger partial charge in [0.2, 0.25) is 0 Å². The molecule has 2 aromatic rings. The number of nitrogens with zero attached hydrogens (tertiary/aromatic N) is 1. The van der Waals surface area contributed by atoms with Crippen LogP contribution in [0, 0.1) is 0 Å². The molecule has 1 saturated heterocycles. The highest BCUT2D eigenvalue weighted by molar-refractivity contribution is 5.71. The van der Waals surface area contributed by atoms with E-state index in [1.807, 2.05) is 0 Å². The molecular formula is C22H29N3. The highest BCUT2D eigenvalue weighted by Crippen LogP contribution is 2.31. The highest BCUT2D eigenvalue weighted by Gasteiger charge is 2.13. The zero-order valence-electron chi connectivity index (χ0n) is 15.1. The maximum Gasteiger partial charge on any atom is 0.0437 e. The molecule has 3 heteroatoms. The van der Waals surface area contributed by atoms with E-state index in [9.17, 15) is 0 Å². The Bertz CT molecular complexity index is 704. The van der Waals surface area contributed by atoms with E-state index in [4.69, 9.17) is 0 Å². The Morgan fingerprint density at radius 1 is 0.880 bits per heavy atom. The monoisotopic (exact) mass is 335 g/mol. The molecule has 2 N–H and O–H groups in total. The number of para-hydroxylation sites is 1. The van der Waals surface area contributed by atoms with Crippen LogP contribution in [0.4, 0.5) is 17.1 Å². The van der Waals surface area contributed by atoms with Crippen molar-refractivity contribution in [3.05, 3.63) is 53.6 Å². The summed E-state index contributed by atoms with van der Waals surface area (Å²) in [4.78, 5) is 2.61. The first-order valence-electron chi connectivity index (χ1n) is 9.82. The number of nitrogens with one attached hydrogen (secondary N) is 2. The Hall–Kier alpha value is -2.00. The van der Waals surface area contributed by atoms with Gasteiger partial charge in [0.1, 0.15) is 0 Å². The molecule has 2 aromatic carbocycles. The van der Waals surface area contributed by atoms with Crippen LogP contribution in [0.1, 0.15) is 36.8 Å². The van der Waals surface area contributed by atoms with Gasteiger partial charge in [-0.3, -0.25) is 0 Å². The Balaban J connectivity index is 1.34. The van der Waals surface area contributed by atoms with Crippen molar-refractivity contribution in [3.8, 4) is 0 Å². The summed E-state index contributed by atoms with van der Waals surface area (Å²) >= 11 is 0. The maximum absolute atomic E-state index is 3.64. The first kappa shape index (κ1) is 16.5. The molecule has 3 nitrogen and oxygen atoms in total. The minimum absolute atomic E-state index is 1.05. The van der Waals surface area contributed by atoms with Gasteiger partial charge < -0.3 is 15.5 Å². The predicted octanol–water partition coefficient (Wildman–Crippen LogP) is 4.82. The van der Waals surface area contributed by atoms with Crippen LogP contribution < -0.4 is 10.6 Å². The van der Waals surface area contributed by atoms with Gasteiger partial charge in [-0.15, -0.1) is 0 Å². The summed E-state index contributed by atoms with van der Waals surface area (Å²) in [5.74, 6) is 0. The molecule has 0 bridgehead atoms. The van der Waals surface area contributed by atoms with E-state index >= 15 is 0 Å². The quantitative estimate of drug-likeness (QED) is 0.767. The van der Waals surface area contributed by atoms with Crippen molar-refractivity contribution in [1.82, 2.24) is 4.90 Å². The Kier molecular flexibility index (Phi) is 5.22. The van der Waals surface area contributed by atoms with Crippen LogP contribution >= 0.6 is 0 Å². The number of hydrogen-bond donors (Lipinski definition) is 2. The van der Waals surface area contributed by atoms with Crippen molar-refractivity contribution < 1.29 is 0 Å². The van der Waals surface area contributed by atoms with E-state index in [-0.39, 0.29) is 0 Å². The molecule has 0 unspecified atom stereocenters. The number of anilines is 3. The largest absolute Gasteiger partial charge is 0.385 e. The fraction of sp³-hybridized carbons (Fsp3) is 0.455. The van der Waals surface area contributed by atoms with Gasteiger partial charge in [0.25, 0.3) is 0 Å². The summed E-state index contributed by atoms with van der Waals surface area (Å²) in [5, 5.41) is 7.25. The molecule has 0 atom stereocenters. The van der Waals surface area contributed by atoms with Gasteiger partial charge >= 0.3 is 0 Å². The number of likely N-dealkylation sites (tertiary alicyclic amines) is 1. The second-order valence-electron chi connectivity index (χ2n) is 7.34. The van der Waals surface area contributed by atoms with E-state index in [0.717, 1.165) is 19.4 Å². The van der Waals surface area contributed by atoms with E-state index in [0.29, 0.717) is 0 Å². The first-order chi connectivity index (χ1) is 12.4. The normalized spacial score (nSPS) is 17.1. The van der Waals surface area contributed by atoms with E-state index in [1.165, 1.54) is 73.5 Å². The first-order valence-corrected chi connectivity index (χ1v) is 9.82. The topological polar surface area (TPSA) is 27.3 Å². The zero-order chi connectivity index (χ0) is 16.9. The molecular weight excluding hydrogens is 306 g/mol. The highest BCUT2D eigenvalue weighted by atomic mass is 15.1. The zero-order valence-corrected chi connectivity index (χ0v) is 15.1. The smallest absolute Gasteiger partial charge is 0.0437 e. The van der Waals surface area contributed by atoms with E-state index in [1.54, 1.807) is 0 Å². The molecule has 2 aliphatic heterocycles. The second kappa shape index (κ2) is 7.92. The third-order valence-electron chi connectivity index (χ3n) is 5.49. The van der Waals surface area contributed by atoms with Gasteiger partial charge in [-0.2, -0.15) is 0 Å². The summed E-state index contributed by atoms with van der Waals surface area (Å²) in [6, 6.07) is 15.4. The van der Waals surface area contributed by atoms with Crippen molar-refractivity contribution in [2.45, 2.75) is 38.5 Å². The van der Waals surface area contributed by atoms with Crippen molar-refractivity contribution in [2.24, 2.45) is 0 Å². The fourth-order valence-corrected chi connectivity index (χ4v) is 4.01. The second-order valence-corrected chi connectivity index (χ2v) is 7.34. The summed E-state index contributed by atoms with van der Waals surface area (Å²) in [6.07, 6.45) is 7.61. The van der Waals surface area contributed by atoms with Gasteiger partial charge in [-0.05, 0) is 81.1 Å². The van der Waals surface area contributed by atoms with Gasteiger partial charge in [0, 0.05) is 23.6 Å². The number of aryl methyl sites for hydroxylation is 2. The minimum atomic E-state index is 1.05. The van der Waals surface area contributed by atoms with E-state index < -0.39 is 0 Å². The molecule has 0 aliphatic carbocycles. The van der Waals surface area contributed by atoms with Crippen molar-refractivity contribution in [3.63, 3.8) is 0 Å². The lowest BCUT2D eigenvalue weighted by atomic mass is 10.0. The standard InChI is InChI=1S/C22H29N3/c1-4-14-25(15-5-1)16-6-13-23-20-12-11-19-10-9-18-7-2-3-8-21(18)24-22(19)17-20/h2-3,7-8,11-12,17,23-24H,1,4-6,9-10,13-16H2. The molecule has 0 aromatic heterocycles. The van der Waals surface area contributed by atoms with Crippen LogP contribution in [0.25, 0.3) is 0 Å². The lowest BCUT2D eigenvalue weighted by Crippen LogP contribution is -2.31. The molecule has 2 heterocycles. The molecule has 0 spiro atoms. The summed E-state index contributed by atoms with van der Waals surface area (Å²) in [7, 11) is 0. The molecule has 2 aliphatic rings. The molecule has 0 radical (unpaired) electrons. The van der Waals surface area contributed by atoms with Crippen molar-refractivity contribution in [1.29, 1.82) is 0 Å². The number of benzene rings is 2. The van der Waals surface area contributed by atoms with Crippen LogP contribution in [0.2, 0.25) is 0 Å². The lowest BCUT2D eigenvalue weighted by molar-refractivity contribution is 0.228. The van der Waals surface area contributed by atoms with Gasteiger partial charge in [0.05, 0.1) is 0 Å². The SMILES string of the molecule is c1ccc2c(c1)CCc1ccc(NCCCN3CCCCC3)cc1N2.